The third kappa shape index (κ3) is 5.79. The van der Waals surface area contributed by atoms with Gasteiger partial charge >= 0.3 is 12.1 Å². The second kappa shape index (κ2) is 8.63. The topological polar surface area (TPSA) is 102 Å². The van der Waals surface area contributed by atoms with Crippen LogP contribution < -0.4 is 10.6 Å². The van der Waals surface area contributed by atoms with E-state index in [1.165, 1.54) is 7.11 Å². The summed E-state index contributed by atoms with van der Waals surface area (Å²) in [5.41, 5.74) is 0.647. The minimum absolute atomic E-state index is 0.114. The molecule has 3 rings (SSSR count). The van der Waals surface area contributed by atoms with Crippen molar-refractivity contribution in [3.8, 4) is 0 Å². The van der Waals surface area contributed by atoms with Crippen LogP contribution in [0.1, 0.15) is 56.8 Å². The van der Waals surface area contributed by atoms with Gasteiger partial charge in [-0.15, -0.1) is 0 Å². The van der Waals surface area contributed by atoms with E-state index in [1.807, 2.05) is 20.8 Å². The van der Waals surface area contributed by atoms with Crippen LogP contribution in [0.25, 0.3) is 10.9 Å². The maximum Gasteiger partial charge on any atom is 0.407 e. The van der Waals surface area contributed by atoms with Gasteiger partial charge in [0.25, 0.3) is 0 Å². The van der Waals surface area contributed by atoms with Gasteiger partial charge in [-0.3, -0.25) is 0 Å². The number of hydrogen-bond donors (Lipinski definition) is 2. The molecule has 1 aromatic carbocycles. The molecule has 0 radical (unpaired) electrons. The fraction of sp³-hybridized carbons (Fsp3) is 0.524. The van der Waals surface area contributed by atoms with E-state index in [4.69, 9.17) is 9.47 Å². The van der Waals surface area contributed by atoms with Crippen LogP contribution in [0.3, 0.4) is 0 Å². The molecule has 1 aliphatic carbocycles. The maximum atomic E-state index is 11.9. The number of fused-ring (bicyclic) bond motifs is 1. The average molecular weight is 400 g/mol. The molecule has 1 aliphatic rings. The third-order valence-corrected chi connectivity index (χ3v) is 4.79. The van der Waals surface area contributed by atoms with Gasteiger partial charge in [-0.25, -0.2) is 19.6 Å². The maximum absolute atomic E-state index is 11.9. The molecule has 0 saturated heterocycles. The predicted octanol–water partition coefficient (Wildman–Crippen LogP) is 3.66. The molecule has 2 N–H and O–H groups in total. The Labute approximate surface area is 170 Å². The zero-order valence-electron chi connectivity index (χ0n) is 17.3. The van der Waals surface area contributed by atoms with Crippen molar-refractivity contribution >= 4 is 28.9 Å². The summed E-state index contributed by atoms with van der Waals surface area (Å²) in [5.74, 6) is 0.138. The van der Waals surface area contributed by atoms with E-state index in [2.05, 4.69) is 20.6 Å². The molecule has 1 aromatic heterocycles. The van der Waals surface area contributed by atoms with Crippen molar-refractivity contribution in [2.24, 2.45) is 0 Å². The summed E-state index contributed by atoms with van der Waals surface area (Å²) in [7, 11) is 1.35. The van der Waals surface area contributed by atoms with Gasteiger partial charge in [0.1, 0.15) is 5.60 Å². The molecule has 0 atom stereocenters. The standard InChI is InChI=1S/C21H28N4O4/c1-21(2,3)29-20(27)24-16-9-7-15(8-10-16)23-19-22-12-14-6-5-13(18(26)28-4)11-17(14)25-19/h5-6,11-12,15-16H,7-10H2,1-4H3,(H,24,27)(H,22,23,25)/t15-,16-. The van der Waals surface area contributed by atoms with E-state index in [0.29, 0.717) is 17.0 Å². The first-order chi connectivity index (χ1) is 13.7. The number of methoxy groups -OCH3 is 1. The van der Waals surface area contributed by atoms with Crippen molar-refractivity contribution in [2.75, 3.05) is 12.4 Å². The smallest absolute Gasteiger partial charge is 0.407 e. The SMILES string of the molecule is COC(=O)c1ccc2cnc(N[C@H]3CC[C@H](NC(=O)OC(C)(C)C)CC3)nc2c1. The highest BCUT2D eigenvalue weighted by Crippen LogP contribution is 2.23. The molecule has 1 amide bonds. The molecule has 0 aliphatic heterocycles. The Balaban J connectivity index is 1.56. The van der Waals surface area contributed by atoms with E-state index < -0.39 is 11.6 Å². The van der Waals surface area contributed by atoms with Gasteiger partial charge in [0.05, 0.1) is 18.2 Å². The lowest BCUT2D eigenvalue weighted by molar-refractivity contribution is 0.0491. The molecule has 1 saturated carbocycles. The van der Waals surface area contributed by atoms with Crippen molar-refractivity contribution in [2.45, 2.75) is 64.1 Å². The first kappa shape index (κ1) is 20.8. The highest BCUT2D eigenvalue weighted by atomic mass is 16.6. The summed E-state index contributed by atoms with van der Waals surface area (Å²) in [6, 6.07) is 5.55. The Kier molecular flexibility index (Phi) is 6.20. The second-order valence-corrected chi connectivity index (χ2v) is 8.30. The van der Waals surface area contributed by atoms with Gasteiger partial charge in [0.15, 0.2) is 0 Å². The number of hydrogen-bond acceptors (Lipinski definition) is 7. The van der Waals surface area contributed by atoms with E-state index in [0.717, 1.165) is 31.1 Å². The normalized spacial score (nSPS) is 19.4. The van der Waals surface area contributed by atoms with Gasteiger partial charge < -0.3 is 20.1 Å². The largest absolute Gasteiger partial charge is 0.465 e. The molecule has 1 heterocycles. The summed E-state index contributed by atoms with van der Waals surface area (Å²) < 4.78 is 10.1. The van der Waals surface area contributed by atoms with Crippen LogP contribution in [0.4, 0.5) is 10.7 Å². The van der Waals surface area contributed by atoms with Crippen LogP contribution >= 0.6 is 0 Å². The Morgan fingerprint density at radius 3 is 2.45 bits per heavy atom. The minimum Gasteiger partial charge on any atom is -0.465 e. The number of rotatable bonds is 4. The summed E-state index contributed by atoms with van der Waals surface area (Å²) in [4.78, 5) is 32.6. The molecule has 8 heteroatoms. The summed E-state index contributed by atoms with van der Waals surface area (Å²) in [6.45, 7) is 5.56. The lowest BCUT2D eigenvalue weighted by Gasteiger charge is -2.30. The van der Waals surface area contributed by atoms with Crippen LogP contribution in [0.5, 0.6) is 0 Å². The number of amides is 1. The molecule has 2 aromatic rings. The lowest BCUT2D eigenvalue weighted by atomic mass is 9.91. The molecule has 0 spiro atoms. The highest BCUT2D eigenvalue weighted by Gasteiger charge is 2.25. The highest BCUT2D eigenvalue weighted by molar-refractivity contribution is 5.94. The Bertz CT molecular complexity index is 886. The van der Waals surface area contributed by atoms with Crippen molar-refractivity contribution < 1.29 is 19.1 Å². The first-order valence-corrected chi connectivity index (χ1v) is 9.84. The number of nitrogens with one attached hydrogen (secondary N) is 2. The van der Waals surface area contributed by atoms with Crippen LogP contribution in [0.15, 0.2) is 24.4 Å². The van der Waals surface area contributed by atoms with E-state index in [-0.39, 0.29) is 18.2 Å². The molecule has 156 valence electrons. The van der Waals surface area contributed by atoms with E-state index in [1.54, 1.807) is 24.4 Å². The Morgan fingerprint density at radius 1 is 1.10 bits per heavy atom. The van der Waals surface area contributed by atoms with Crippen LogP contribution in [0, 0.1) is 0 Å². The molecule has 0 bridgehead atoms. The van der Waals surface area contributed by atoms with Crippen molar-refractivity contribution in [3.05, 3.63) is 30.0 Å². The molecular weight excluding hydrogens is 372 g/mol. The van der Waals surface area contributed by atoms with Crippen LogP contribution in [-0.4, -0.2) is 46.8 Å². The van der Waals surface area contributed by atoms with E-state index >= 15 is 0 Å². The third-order valence-electron chi connectivity index (χ3n) is 4.79. The minimum atomic E-state index is -0.496. The number of ether oxygens (including phenoxy) is 2. The molecule has 8 nitrogen and oxygen atoms in total. The molecule has 29 heavy (non-hydrogen) atoms. The second-order valence-electron chi connectivity index (χ2n) is 8.30. The number of carbonyl (C=O) groups is 2. The van der Waals surface area contributed by atoms with Gasteiger partial charge in [-0.1, -0.05) is 6.07 Å². The van der Waals surface area contributed by atoms with Crippen molar-refractivity contribution in [1.82, 2.24) is 15.3 Å². The molecular formula is C21H28N4O4. The number of esters is 1. The number of alkyl carbamates (subject to hydrolysis) is 1. The summed E-state index contributed by atoms with van der Waals surface area (Å²) in [6.07, 6.45) is 4.87. The lowest BCUT2D eigenvalue weighted by Crippen LogP contribution is -2.42. The number of anilines is 1. The van der Waals surface area contributed by atoms with Crippen molar-refractivity contribution in [3.63, 3.8) is 0 Å². The molecule has 0 unspecified atom stereocenters. The fourth-order valence-electron chi connectivity index (χ4n) is 3.38. The zero-order valence-corrected chi connectivity index (χ0v) is 17.3. The van der Waals surface area contributed by atoms with Crippen molar-refractivity contribution in [1.29, 1.82) is 0 Å². The first-order valence-electron chi connectivity index (χ1n) is 9.84. The van der Waals surface area contributed by atoms with Crippen LogP contribution in [0.2, 0.25) is 0 Å². The van der Waals surface area contributed by atoms with Gasteiger partial charge in [-0.05, 0) is 58.6 Å². The van der Waals surface area contributed by atoms with Gasteiger partial charge in [0.2, 0.25) is 5.95 Å². The Hall–Kier alpha value is -2.90. The summed E-state index contributed by atoms with van der Waals surface area (Å²) in [5, 5.41) is 7.16. The fourth-order valence-corrected chi connectivity index (χ4v) is 3.38. The quantitative estimate of drug-likeness (QED) is 0.755. The monoisotopic (exact) mass is 400 g/mol. The van der Waals surface area contributed by atoms with E-state index in [9.17, 15) is 9.59 Å². The number of aromatic nitrogens is 2. The summed E-state index contributed by atoms with van der Waals surface area (Å²) >= 11 is 0. The Morgan fingerprint density at radius 2 is 1.79 bits per heavy atom. The molecule has 1 fully saturated rings. The zero-order chi connectivity index (χ0) is 21.0. The number of carbonyl (C=O) groups excluding carboxylic acids is 2. The average Bonchev–Trinajstić information content (AvgIpc) is 2.67. The van der Waals surface area contributed by atoms with Gasteiger partial charge in [0, 0.05) is 23.7 Å². The van der Waals surface area contributed by atoms with Gasteiger partial charge in [-0.2, -0.15) is 0 Å². The number of benzene rings is 1. The predicted molar refractivity (Wildman–Crippen MR) is 110 cm³/mol. The van der Waals surface area contributed by atoms with Crippen LogP contribution in [-0.2, 0) is 9.47 Å². The number of nitrogens with zero attached hydrogens (tertiary/aromatic N) is 2.